The zero-order valence-electron chi connectivity index (χ0n) is 22.7. The Labute approximate surface area is 251 Å². The van der Waals surface area contributed by atoms with Gasteiger partial charge in [0.25, 0.3) is 0 Å². The molecule has 0 saturated carbocycles. The molecule has 3 aromatic carbocycles. The summed E-state index contributed by atoms with van der Waals surface area (Å²) in [6.45, 7) is 4.92. The third-order valence-electron chi connectivity index (χ3n) is 5.90. The number of carbonyl (C=O) groups is 2. The van der Waals surface area contributed by atoms with E-state index in [0.29, 0.717) is 20.6 Å². The molecule has 1 atom stereocenters. The van der Waals surface area contributed by atoms with Gasteiger partial charge in [-0.25, -0.2) is 8.42 Å². The van der Waals surface area contributed by atoms with Crippen LogP contribution in [0.4, 0.5) is 5.69 Å². The Morgan fingerprint density at radius 3 is 2.12 bits per heavy atom. The maximum Gasteiger partial charge on any atom is 0.244 e. The van der Waals surface area contributed by atoms with E-state index in [4.69, 9.17) is 34.8 Å². The minimum absolute atomic E-state index is 0.0585. The van der Waals surface area contributed by atoms with E-state index in [1.807, 2.05) is 51.1 Å². The SMILES string of the molecule is CC(C)(C)NC(=O)[C@H](Cc1ccccc1)N(Cc1ccc(Cl)cc1Cl)C(=O)CN(c1cccc(Cl)c1)S(C)(=O)=O. The molecule has 0 aliphatic carbocycles. The minimum Gasteiger partial charge on any atom is -0.350 e. The lowest BCUT2D eigenvalue weighted by Crippen LogP contribution is -2.56. The number of nitrogens with zero attached hydrogens (tertiary/aromatic N) is 2. The number of benzene rings is 3. The van der Waals surface area contributed by atoms with E-state index in [1.54, 1.807) is 36.4 Å². The van der Waals surface area contributed by atoms with Gasteiger partial charge in [0.2, 0.25) is 21.8 Å². The van der Waals surface area contributed by atoms with Gasteiger partial charge in [-0.3, -0.25) is 13.9 Å². The Balaban J connectivity index is 2.10. The molecule has 214 valence electrons. The molecule has 0 heterocycles. The van der Waals surface area contributed by atoms with Crippen LogP contribution in [0.15, 0.2) is 72.8 Å². The Bertz CT molecular complexity index is 1460. The fourth-order valence-corrected chi connectivity index (χ4v) is 5.58. The highest BCUT2D eigenvalue weighted by molar-refractivity contribution is 7.92. The van der Waals surface area contributed by atoms with E-state index in [2.05, 4.69) is 5.32 Å². The van der Waals surface area contributed by atoms with E-state index in [9.17, 15) is 18.0 Å². The highest BCUT2D eigenvalue weighted by Crippen LogP contribution is 2.26. The maximum absolute atomic E-state index is 14.1. The summed E-state index contributed by atoms with van der Waals surface area (Å²) >= 11 is 18.7. The van der Waals surface area contributed by atoms with Gasteiger partial charge in [-0.05, 0) is 62.2 Å². The van der Waals surface area contributed by atoms with Gasteiger partial charge in [-0.15, -0.1) is 0 Å². The van der Waals surface area contributed by atoms with Crippen LogP contribution in [0.3, 0.4) is 0 Å². The number of rotatable bonds is 10. The predicted molar refractivity (Wildman–Crippen MR) is 162 cm³/mol. The second-order valence-electron chi connectivity index (χ2n) is 10.5. The van der Waals surface area contributed by atoms with Crippen molar-refractivity contribution in [3.05, 3.63) is 99.0 Å². The van der Waals surface area contributed by atoms with E-state index in [0.717, 1.165) is 16.1 Å². The summed E-state index contributed by atoms with van der Waals surface area (Å²) in [5.41, 5.74) is 1.02. The Morgan fingerprint density at radius 2 is 1.55 bits per heavy atom. The summed E-state index contributed by atoms with van der Waals surface area (Å²) < 4.78 is 26.6. The number of hydrogen-bond acceptors (Lipinski definition) is 4. The topological polar surface area (TPSA) is 86.8 Å². The standard InChI is InChI=1S/C29H32Cl3N3O4S/c1-29(2,3)33-28(37)26(15-20-9-6-5-7-10-20)34(18-21-13-14-23(31)17-25(21)32)27(36)19-35(40(4,38)39)24-12-8-11-22(30)16-24/h5-14,16-17,26H,15,18-19H2,1-4H3,(H,33,37)/t26-/m0/s1. The molecule has 0 spiro atoms. The fraction of sp³-hybridized carbons (Fsp3) is 0.310. The molecule has 40 heavy (non-hydrogen) atoms. The van der Waals surface area contributed by atoms with Crippen LogP contribution in [-0.2, 0) is 32.6 Å². The van der Waals surface area contributed by atoms with Gasteiger partial charge >= 0.3 is 0 Å². The molecule has 3 rings (SSSR count). The number of carbonyl (C=O) groups excluding carboxylic acids is 2. The quantitative estimate of drug-likeness (QED) is 0.301. The fourth-order valence-electron chi connectivity index (χ4n) is 4.09. The molecule has 0 saturated heterocycles. The number of hydrogen-bond donors (Lipinski definition) is 1. The molecule has 0 unspecified atom stereocenters. The van der Waals surface area contributed by atoms with Crippen molar-refractivity contribution in [2.45, 2.75) is 45.3 Å². The molecule has 0 aromatic heterocycles. The molecule has 0 radical (unpaired) electrons. The summed E-state index contributed by atoms with van der Waals surface area (Å²) in [6, 6.07) is 19.4. The van der Waals surface area contributed by atoms with Gasteiger partial charge in [-0.2, -0.15) is 0 Å². The zero-order valence-corrected chi connectivity index (χ0v) is 25.8. The van der Waals surface area contributed by atoms with Gasteiger partial charge < -0.3 is 10.2 Å². The van der Waals surface area contributed by atoms with Gasteiger partial charge in [-0.1, -0.05) is 77.3 Å². The number of nitrogens with one attached hydrogen (secondary N) is 1. The lowest BCUT2D eigenvalue weighted by molar-refractivity contribution is -0.140. The van der Waals surface area contributed by atoms with Crippen LogP contribution >= 0.6 is 34.8 Å². The van der Waals surface area contributed by atoms with Crippen LogP contribution in [0.1, 0.15) is 31.9 Å². The smallest absolute Gasteiger partial charge is 0.244 e. The lowest BCUT2D eigenvalue weighted by Gasteiger charge is -2.35. The van der Waals surface area contributed by atoms with Crippen LogP contribution in [0.25, 0.3) is 0 Å². The molecule has 0 fully saturated rings. The first-order valence-electron chi connectivity index (χ1n) is 12.5. The van der Waals surface area contributed by atoms with Crippen molar-refractivity contribution in [3.63, 3.8) is 0 Å². The van der Waals surface area contributed by atoms with Gasteiger partial charge in [0, 0.05) is 33.6 Å². The van der Waals surface area contributed by atoms with Crippen molar-refractivity contribution >= 4 is 62.3 Å². The number of anilines is 1. The predicted octanol–water partition coefficient (Wildman–Crippen LogP) is 5.97. The first kappa shape index (κ1) is 31.7. The summed E-state index contributed by atoms with van der Waals surface area (Å²) in [4.78, 5) is 29.2. The van der Waals surface area contributed by atoms with Gasteiger partial charge in [0.1, 0.15) is 12.6 Å². The Kier molecular flexibility index (Phi) is 10.5. The molecule has 1 N–H and O–H groups in total. The third kappa shape index (κ3) is 9.13. The Hall–Kier alpha value is -2.78. The molecule has 2 amide bonds. The van der Waals surface area contributed by atoms with Crippen molar-refractivity contribution < 1.29 is 18.0 Å². The molecule has 11 heteroatoms. The first-order chi connectivity index (χ1) is 18.6. The molecule has 7 nitrogen and oxygen atoms in total. The van der Waals surface area contributed by atoms with E-state index >= 15 is 0 Å². The van der Waals surface area contributed by atoms with E-state index in [1.165, 1.54) is 11.0 Å². The van der Waals surface area contributed by atoms with Crippen molar-refractivity contribution in [1.29, 1.82) is 0 Å². The number of sulfonamides is 1. The molecule has 0 bridgehead atoms. The number of halogens is 3. The van der Waals surface area contributed by atoms with Crippen molar-refractivity contribution in [1.82, 2.24) is 10.2 Å². The molecular weight excluding hydrogens is 593 g/mol. The third-order valence-corrected chi connectivity index (χ3v) is 7.86. The first-order valence-corrected chi connectivity index (χ1v) is 15.4. The summed E-state index contributed by atoms with van der Waals surface area (Å²) in [5, 5.41) is 4.02. The monoisotopic (exact) mass is 623 g/mol. The average Bonchev–Trinajstić information content (AvgIpc) is 2.84. The molecular formula is C29H32Cl3N3O4S. The van der Waals surface area contributed by atoms with Gasteiger partial charge in [0.05, 0.1) is 11.9 Å². The summed E-state index contributed by atoms with van der Waals surface area (Å²) in [6.07, 6.45) is 1.20. The van der Waals surface area contributed by atoms with Crippen LogP contribution in [-0.4, -0.2) is 49.5 Å². The van der Waals surface area contributed by atoms with Gasteiger partial charge in [0.15, 0.2) is 0 Å². The van der Waals surface area contributed by atoms with Crippen LogP contribution in [0.2, 0.25) is 15.1 Å². The van der Waals surface area contributed by atoms with Crippen LogP contribution < -0.4 is 9.62 Å². The van der Waals surface area contributed by atoms with Crippen molar-refractivity contribution in [2.75, 3.05) is 17.1 Å². The number of amides is 2. The molecule has 0 aliphatic rings. The maximum atomic E-state index is 14.1. The zero-order chi connectivity index (χ0) is 29.7. The highest BCUT2D eigenvalue weighted by Gasteiger charge is 2.34. The average molecular weight is 625 g/mol. The van der Waals surface area contributed by atoms with Crippen LogP contribution in [0, 0.1) is 0 Å². The van der Waals surface area contributed by atoms with Crippen molar-refractivity contribution in [3.8, 4) is 0 Å². The largest absolute Gasteiger partial charge is 0.350 e. The minimum atomic E-state index is -3.90. The van der Waals surface area contributed by atoms with E-state index < -0.39 is 34.1 Å². The second kappa shape index (κ2) is 13.3. The summed E-state index contributed by atoms with van der Waals surface area (Å²) in [5.74, 6) is -0.982. The normalized spacial score (nSPS) is 12.5. The van der Waals surface area contributed by atoms with E-state index in [-0.39, 0.29) is 24.6 Å². The second-order valence-corrected chi connectivity index (χ2v) is 13.6. The Morgan fingerprint density at radius 1 is 0.900 bits per heavy atom. The summed E-state index contributed by atoms with van der Waals surface area (Å²) in [7, 11) is -3.90. The van der Waals surface area contributed by atoms with Crippen molar-refractivity contribution in [2.24, 2.45) is 0 Å². The van der Waals surface area contributed by atoms with Crippen LogP contribution in [0.5, 0.6) is 0 Å². The molecule has 0 aliphatic heterocycles. The lowest BCUT2D eigenvalue weighted by atomic mass is 10.0. The highest BCUT2D eigenvalue weighted by atomic mass is 35.5. The molecule has 3 aromatic rings.